The van der Waals surface area contributed by atoms with Gasteiger partial charge in [-0.3, -0.25) is 9.59 Å². The second-order valence-electron chi connectivity index (χ2n) is 12.6. The van der Waals surface area contributed by atoms with E-state index in [1.165, 1.54) is 6.92 Å². The van der Waals surface area contributed by atoms with E-state index in [9.17, 15) is 14.4 Å². The van der Waals surface area contributed by atoms with Crippen molar-refractivity contribution in [3.8, 4) is 0 Å². The number of cyclic esters (lactones) is 1. The van der Waals surface area contributed by atoms with Gasteiger partial charge in [-0.2, -0.15) is 0 Å². The lowest BCUT2D eigenvalue weighted by molar-refractivity contribution is -0.251. The molecule has 7 heteroatoms. The fourth-order valence-corrected chi connectivity index (χ4v) is 9.20. The summed E-state index contributed by atoms with van der Waals surface area (Å²) in [6.07, 6.45) is 7.46. The highest BCUT2D eigenvalue weighted by atomic mass is 16.7. The van der Waals surface area contributed by atoms with Crippen LogP contribution in [-0.4, -0.2) is 35.5 Å². The van der Waals surface area contributed by atoms with Crippen LogP contribution in [0.2, 0.25) is 0 Å². The number of hydrogen-bond donors (Lipinski definition) is 0. The van der Waals surface area contributed by atoms with Gasteiger partial charge in [-0.25, -0.2) is 4.79 Å². The minimum Gasteiger partial charge on any atom is -0.472 e. The molecule has 0 bridgehead atoms. The first-order valence-electron chi connectivity index (χ1n) is 12.7. The lowest BCUT2D eigenvalue weighted by Gasteiger charge is -2.68. The van der Waals surface area contributed by atoms with Crippen LogP contribution in [0.1, 0.15) is 72.5 Å². The van der Waals surface area contributed by atoms with Crippen LogP contribution in [-0.2, 0) is 28.6 Å². The molecule has 3 heterocycles. The van der Waals surface area contributed by atoms with E-state index in [4.69, 9.17) is 18.6 Å². The second-order valence-corrected chi connectivity index (χ2v) is 12.6. The quantitative estimate of drug-likeness (QED) is 0.450. The first-order chi connectivity index (χ1) is 16.3. The number of hydrogen-bond acceptors (Lipinski definition) is 7. The van der Waals surface area contributed by atoms with Gasteiger partial charge in [-0.1, -0.05) is 40.7 Å². The molecule has 0 radical (unpaired) electrons. The molecule has 1 spiro atoms. The van der Waals surface area contributed by atoms with Crippen LogP contribution in [0.5, 0.6) is 0 Å². The Bertz CT molecular complexity index is 1150. The van der Waals surface area contributed by atoms with Gasteiger partial charge in [0.15, 0.2) is 11.9 Å². The van der Waals surface area contributed by atoms with Crippen molar-refractivity contribution in [3.05, 3.63) is 36.3 Å². The number of fused-ring (bicyclic) bond motifs is 3. The van der Waals surface area contributed by atoms with E-state index in [-0.39, 0.29) is 35.0 Å². The Morgan fingerprint density at radius 3 is 2.49 bits per heavy atom. The number of carbonyl (C=O) groups is 3. The molecule has 0 unspecified atom stereocenters. The molecule has 1 aromatic heterocycles. The predicted molar refractivity (Wildman–Crippen MR) is 124 cm³/mol. The fraction of sp³-hybridized carbons (Fsp3) is 0.679. The largest absolute Gasteiger partial charge is 0.472 e. The molecule has 1 aromatic rings. The Morgan fingerprint density at radius 2 is 1.83 bits per heavy atom. The van der Waals surface area contributed by atoms with Crippen LogP contribution < -0.4 is 0 Å². The number of carbonyl (C=O) groups excluding carboxylic acids is 3. The highest BCUT2D eigenvalue weighted by Gasteiger charge is 2.88. The van der Waals surface area contributed by atoms with Gasteiger partial charge >= 0.3 is 11.9 Å². The molecule has 0 N–H and O–H groups in total. The number of rotatable bonds is 2. The summed E-state index contributed by atoms with van der Waals surface area (Å²) < 4.78 is 24.0. The molecule has 4 fully saturated rings. The Balaban J connectivity index is 1.55. The standard InChI is InChI=1S/C28H34O7/c1-15(29)33-20-13-18-24(2,3)19(30)8-10-25(18,4)17-7-11-26(5)21(16-9-12-32-14-16)34-23(31)22-28(26,35-22)27(17,20)6/h8-10,12,14,17-18,20-22H,7,11,13H2,1-6H3/t17-,18+,20+,21-,22+,25-,26+,27+,28+/m1/s1. The molecule has 3 aliphatic carbocycles. The number of epoxide rings is 1. The van der Waals surface area contributed by atoms with Gasteiger partial charge < -0.3 is 18.6 Å². The van der Waals surface area contributed by atoms with Gasteiger partial charge in [0.25, 0.3) is 0 Å². The average Bonchev–Trinajstić information content (AvgIpc) is 3.35. The molecule has 2 saturated heterocycles. The van der Waals surface area contributed by atoms with Crippen LogP contribution in [0, 0.1) is 33.5 Å². The fourth-order valence-electron chi connectivity index (χ4n) is 9.20. The van der Waals surface area contributed by atoms with Gasteiger partial charge in [0.2, 0.25) is 0 Å². The highest BCUT2D eigenvalue weighted by Crippen LogP contribution is 2.79. The average molecular weight is 483 g/mol. The summed E-state index contributed by atoms with van der Waals surface area (Å²) in [7, 11) is 0. The Hall–Kier alpha value is -2.41. The first kappa shape index (κ1) is 23.0. The maximum absolute atomic E-state index is 13.2. The molecule has 9 atom stereocenters. The third-order valence-electron chi connectivity index (χ3n) is 10.8. The maximum atomic E-state index is 13.2. The highest BCUT2D eigenvalue weighted by molar-refractivity contribution is 5.95. The molecule has 2 saturated carbocycles. The minimum atomic E-state index is -0.853. The summed E-state index contributed by atoms with van der Waals surface area (Å²) in [5.74, 6) is -0.603. The van der Waals surface area contributed by atoms with Gasteiger partial charge in [0, 0.05) is 28.7 Å². The normalized spacial score (nSPS) is 49.1. The van der Waals surface area contributed by atoms with E-state index >= 15 is 0 Å². The molecular formula is C28H34O7. The van der Waals surface area contributed by atoms with Crippen molar-refractivity contribution in [3.63, 3.8) is 0 Å². The predicted octanol–water partition coefficient (Wildman–Crippen LogP) is 4.56. The number of esters is 2. The maximum Gasteiger partial charge on any atom is 0.339 e. The van der Waals surface area contributed by atoms with Crippen molar-refractivity contribution in [2.24, 2.45) is 33.5 Å². The van der Waals surface area contributed by atoms with Crippen molar-refractivity contribution >= 4 is 17.7 Å². The second kappa shape index (κ2) is 6.67. The molecule has 5 aliphatic rings. The van der Waals surface area contributed by atoms with Gasteiger partial charge in [-0.15, -0.1) is 0 Å². The Kier molecular flexibility index (Phi) is 4.38. The van der Waals surface area contributed by atoms with Crippen molar-refractivity contribution in [1.82, 2.24) is 0 Å². The lowest BCUT2D eigenvalue weighted by atomic mass is 9.35. The van der Waals surface area contributed by atoms with Gasteiger partial charge in [0.1, 0.15) is 17.8 Å². The molecule has 188 valence electrons. The van der Waals surface area contributed by atoms with E-state index in [1.807, 2.05) is 19.9 Å². The SMILES string of the molecule is CC(=O)O[C@H]1C[C@H]2C(C)(C)C(=O)C=C[C@]2(C)[C@H]2CC[C@@]3(C)[C@@H](c4ccoc4)OC(=O)[C@@H]4O[C@@]43[C@]12C. The molecule has 7 nitrogen and oxygen atoms in total. The molecule has 35 heavy (non-hydrogen) atoms. The van der Waals surface area contributed by atoms with E-state index in [0.717, 1.165) is 18.4 Å². The van der Waals surface area contributed by atoms with Gasteiger partial charge in [0.05, 0.1) is 12.5 Å². The molecule has 0 aromatic carbocycles. The van der Waals surface area contributed by atoms with Crippen LogP contribution in [0.15, 0.2) is 35.2 Å². The van der Waals surface area contributed by atoms with Crippen LogP contribution in [0.3, 0.4) is 0 Å². The summed E-state index contributed by atoms with van der Waals surface area (Å²) in [6, 6.07) is 1.84. The van der Waals surface area contributed by atoms with Crippen LogP contribution in [0.25, 0.3) is 0 Å². The third kappa shape index (κ3) is 2.48. The van der Waals surface area contributed by atoms with E-state index in [1.54, 1.807) is 18.6 Å². The number of ketones is 1. The van der Waals surface area contributed by atoms with Crippen molar-refractivity contribution in [2.45, 2.75) is 84.7 Å². The smallest absolute Gasteiger partial charge is 0.339 e. The monoisotopic (exact) mass is 482 g/mol. The number of furan rings is 1. The third-order valence-corrected chi connectivity index (χ3v) is 10.8. The summed E-state index contributed by atoms with van der Waals surface area (Å²) in [5, 5.41) is 0. The number of ether oxygens (including phenoxy) is 3. The van der Waals surface area contributed by atoms with Crippen LogP contribution in [0.4, 0.5) is 0 Å². The van der Waals surface area contributed by atoms with Crippen molar-refractivity contribution in [1.29, 1.82) is 0 Å². The minimum absolute atomic E-state index is 0.00639. The summed E-state index contributed by atoms with van der Waals surface area (Å²) in [6.45, 7) is 12.0. The van der Waals surface area contributed by atoms with Crippen molar-refractivity contribution in [2.75, 3.05) is 0 Å². The topological polar surface area (TPSA) is 95.3 Å². The summed E-state index contributed by atoms with van der Waals surface area (Å²) >= 11 is 0. The molecule has 6 rings (SSSR count). The molecule has 0 amide bonds. The Morgan fingerprint density at radius 1 is 1.09 bits per heavy atom. The van der Waals surface area contributed by atoms with E-state index < -0.39 is 40.2 Å². The van der Waals surface area contributed by atoms with E-state index in [2.05, 4.69) is 26.8 Å². The van der Waals surface area contributed by atoms with Crippen LogP contribution >= 0.6 is 0 Å². The van der Waals surface area contributed by atoms with E-state index in [0.29, 0.717) is 6.42 Å². The zero-order chi connectivity index (χ0) is 25.2. The zero-order valence-electron chi connectivity index (χ0n) is 21.3. The zero-order valence-corrected chi connectivity index (χ0v) is 21.3. The van der Waals surface area contributed by atoms with Crippen molar-refractivity contribution < 1.29 is 33.0 Å². The molecule has 2 aliphatic heterocycles. The summed E-state index contributed by atoms with van der Waals surface area (Å²) in [5.41, 5.74) is -2.15. The Labute approximate surface area is 205 Å². The lowest BCUT2D eigenvalue weighted by Crippen LogP contribution is -2.72. The van der Waals surface area contributed by atoms with Gasteiger partial charge in [-0.05, 0) is 48.7 Å². The summed E-state index contributed by atoms with van der Waals surface area (Å²) in [4.78, 5) is 38.6. The first-order valence-corrected chi connectivity index (χ1v) is 12.7. The molecular weight excluding hydrogens is 448 g/mol. The number of allylic oxidation sites excluding steroid dienone is 2.